The Hall–Kier alpha value is -0.170. The van der Waals surface area contributed by atoms with Gasteiger partial charge in [0.1, 0.15) is 0 Å². The lowest BCUT2D eigenvalue weighted by atomic mass is 9.97. The fourth-order valence-electron chi connectivity index (χ4n) is 2.03. The highest BCUT2D eigenvalue weighted by molar-refractivity contribution is 7.87. The molecule has 0 amide bonds. The van der Waals surface area contributed by atoms with Gasteiger partial charge in [0.05, 0.1) is 0 Å². The summed E-state index contributed by atoms with van der Waals surface area (Å²) in [5.41, 5.74) is -0.551. The highest BCUT2D eigenvalue weighted by atomic mass is 32.2. The molecule has 0 aromatic rings. The van der Waals surface area contributed by atoms with E-state index in [0.717, 1.165) is 19.3 Å². The van der Waals surface area contributed by atoms with E-state index in [0.29, 0.717) is 25.9 Å². The van der Waals surface area contributed by atoms with Crippen molar-refractivity contribution in [3.63, 3.8) is 0 Å². The molecule has 1 unspecified atom stereocenters. The molecule has 17 heavy (non-hydrogen) atoms. The largest absolute Gasteiger partial charge is 0.396 e. The second-order valence-electron chi connectivity index (χ2n) is 4.95. The van der Waals surface area contributed by atoms with Gasteiger partial charge in [0.25, 0.3) is 10.2 Å². The number of aliphatic hydroxyl groups is 1. The summed E-state index contributed by atoms with van der Waals surface area (Å²) in [6, 6.07) is 0. The molecular formula is C11H24N2O3S. The van der Waals surface area contributed by atoms with E-state index in [1.807, 2.05) is 13.8 Å². The molecule has 0 aromatic carbocycles. The predicted octanol–water partition coefficient (Wildman–Crippen LogP) is 0.858. The third-order valence-electron chi connectivity index (χ3n) is 3.47. The summed E-state index contributed by atoms with van der Waals surface area (Å²) >= 11 is 0. The van der Waals surface area contributed by atoms with Crippen LogP contribution >= 0.6 is 0 Å². The van der Waals surface area contributed by atoms with Crippen LogP contribution in [0.4, 0.5) is 0 Å². The van der Waals surface area contributed by atoms with E-state index in [1.54, 1.807) is 0 Å². The maximum Gasteiger partial charge on any atom is 0.279 e. The molecule has 1 saturated heterocycles. The summed E-state index contributed by atoms with van der Waals surface area (Å²) in [5, 5.41) is 8.99. The standard InChI is InChI=1S/C11H24N2O3S/c1-3-11(2,7-10-14)12-17(15,16)13-8-5-4-6-9-13/h12,14H,3-10H2,1-2H3. The number of piperidine rings is 1. The lowest BCUT2D eigenvalue weighted by molar-refractivity contribution is 0.229. The first-order valence-electron chi connectivity index (χ1n) is 6.33. The van der Waals surface area contributed by atoms with Gasteiger partial charge < -0.3 is 5.11 Å². The van der Waals surface area contributed by atoms with E-state index in [4.69, 9.17) is 5.11 Å². The first-order chi connectivity index (χ1) is 7.93. The zero-order valence-electron chi connectivity index (χ0n) is 10.8. The molecular weight excluding hydrogens is 240 g/mol. The average molecular weight is 264 g/mol. The Morgan fingerprint density at radius 1 is 1.29 bits per heavy atom. The lowest BCUT2D eigenvalue weighted by Crippen LogP contribution is -2.53. The van der Waals surface area contributed by atoms with Gasteiger partial charge in [-0.05, 0) is 32.6 Å². The van der Waals surface area contributed by atoms with Gasteiger partial charge >= 0.3 is 0 Å². The Morgan fingerprint density at radius 3 is 2.35 bits per heavy atom. The molecule has 0 aromatic heterocycles. The normalized spacial score (nSPS) is 22.3. The Kier molecular flexibility index (Phi) is 5.37. The smallest absolute Gasteiger partial charge is 0.279 e. The number of aliphatic hydroxyl groups excluding tert-OH is 1. The van der Waals surface area contributed by atoms with E-state index >= 15 is 0 Å². The summed E-state index contributed by atoms with van der Waals surface area (Å²) in [5.74, 6) is 0. The zero-order valence-corrected chi connectivity index (χ0v) is 11.6. The molecule has 6 heteroatoms. The van der Waals surface area contributed by atoms with Gasteiger partial charge in [-0.3, -0.25) is 0 Å². The van der Waals surface area contributed by atoms with Crippen LogP contribution in [0.25, 0.3) is 0 Å². The van der Waals surface area contributed by atoms with Gasteiger partial charge in [-0.2, -0.15) is 17.4 Å². The van der Waals surface area contributed by atoms with E-state index in [2.05, 4.69) is 4.72 Å². The van der Waals surface area contributed by atoms with Crippen molar-refractivity contribution in [3.05, 3.63) is 0 Å². The molecule has 0 saturated carbocycles. The molecule has 5 nitrogen and oxygen atoms in total. The summed E-state index contributed by atoms with van der Waals surface area (Å²) in [4.78, 5) is 0. The lowest BCUT2D eigenvalue weighted by Gasteiger charge is -2.33. The number of hydrogen-bond donors (Lipinski definition) is 2. The molecule has 1 aliphatic heterocycles. The molecule has 1 fully saturated rings. The molecule has 0 radical (unpaired) electrons. The highest BCUT2D eigenvalue weighted by Crippen LogP contribution is 2.19. The van der Waals surface area contributed by atoms with Crippen LogP contribution in [0.2, 0.25) is 0 Å². The molecule has 2 N–H and O–H groups in total. The molecule has 1 heterocycles. The minimum absolute atomic E-state index is 0.00708. The first-order valence-corrected chi connectivity index (χ1v) is 7.77. The van der Waals surface area contributed by atoms with Crippen LogP contribution in [0.1, 0.15) is 46.0 Å². The van der Waals surface area contributed by atoms with E-state index in [9.17, 15) is 8.42 Å². The molecule has 0 spiro atoms. The van der Waals surface area contributed by atoms with Crippen molar-refractivity contribution in [2.24, 2.45) is 0 Å². The Bertz CT molecular complexity index is 326. The molecule has 1 atom stereocenters. The quantitative estimate of drug-likeness (QED) is 0.747. The van der Waals surface area contributed by atoms with Crippen molar-refractivity contribution < 1.29 is 13.5 Å². The minimum Gasteiger partial charge on any atom is -0.396 e. The van der Waals surface area contributed by atoms with E-state index in [1.165, 1.54) is 4.31 Å². The Labute approximate surface area is 104 Å². The summed E-state index contributed by atoms with van der Waals surface area (Å²) in [7, 11) is -3.40. The van der Waals surface area contributed by atoms with Crippen LogP contribution in [0, 0.1) is 0 Å². The third kappa shape index (κ3) is 4.21. The zero-order chi connectivity index (χ0) is 12.9. The number of rotatable bonds is 6. The maximum absolute atomic E-state index is 12.2. The van der Waals surface area contributed by atoms with Crippen LogP contribution in [-0.4, -0.2) is 43.1 Å². The van der Waals surface area contributed by atoms with E-state index in [-0.39, 0.29) is 6.61 Å². The van der Waals surface area contributed by atoms with Gasteiger partial charge in [-0.1, -0.05) is 13.3 Å². The molecule has 0 aliphatic carbocycles. The van der Waals surface area contributed by atoms with Gasteiger partial charge in [-0.25, -0.2) is 0 Å². The predicted molar refractivity (Wildman–Crippen MR) is 67.9 cm³/mol. The first kappa shape index (κ1) is 14.9. The third-order valence-corrected chi connectivity index (χ3v) is 5.27. The monoisotopic (exact) mass is 264 g/mol. The van der Waals surface area contributed by atoms with Crippen LogP contribution in [0.5, 0.6) is 0 Å². The summed E-state index contributed by atoms with van der Waals surface area (Å²) in [6.45, 7) is 4.97. The van der Waals surface area contributed by atoms with Crippen molar-refractivity contribution in [1.29, 1.82) is 0 Å². The molecule has 102 valence electrons. The Morgan fingerprint density at radius 2 is 1.88 bits per heavy atom. The number of hydrogen-bond acceptors (Lipinski definition) is 3. The van der Waals surface area contributed by atoms with Gasteiger partial charge in [0.15, 0.2) is 0 Å². The topological polar surface area (TPSA) is 69.6 Å². The van der Waals surface area contributed by atoms with Gasteiger partial charge in [0, 0.05) is 25.2 Å². The fraction of sp³-hybridized carbons (Fsp3) is 1.00. The number of nitrogens with one attached hydrogen (secondary N) is 1. The summed E-state index contributed by atoms with van der Waals surface area (Å²) in [6.07, 6.45) is 4.08. The van der Waals surface area contributed by atoms with E-state index < -0.39 is 15.7 Å². The molecule has 1 rings (SSSR count). The average Bonchev–Trinajstić information content (AvgIpc) is 2.30. The second kappa shape index (κ2) is 6.13. The van der Waals surface area contributed by atoms with Crippen LogP contribution in [0.15, 0.2) is 0 Å². The maximum atomic E-state index is 12.2. The minimum atomic E-state index is -3.40. The molecule has 1 aliphatic rings. The SMILES string of the molecule is CCC(C)(CCO)NS(=O)(=O)N1CCCCC1. The highest BCUT2D eigenvalue weighted by Gasteiger charge is 2.32. The van der Waals surface area contributed by atoms with Crippen LogP contribution in [0.3, 0.4) is 0 Å². The van der Waals surface area contributed by atoms with Crippen molar-refractivity contribution >= 4 is 10.2 Å². The van der Waals surface area contributed by atoms with Gasteiger partial charge in [0.2, 0.25) is 0 Å². The van der Waals surface area contributed by atoms with Crippen molar-refractivity contribution in [2.75, 3.05) is 19.7 Å². The van der Waals surface area contributed by atoms with Crippen molar-refractivity contribution in [3.8, 4) is 0 Å². The van der Waals surface area contributed by atoms with Crippen LogP contribution in [-0.2, 0) is 10.2 Å². The Balaban J connectivity index is 2.69. The summed E-state index contributed by atoms with van der Waals surface area (Å²) < 4.78 is 28.6. The second-order valence-corrected chi connectivity index (χ2v) is 6.63. The van der Waals surface area contributed by atoms with Crippen molar-refractivity contribution in [2.45, 2.75) is 51.5 Å². The number of nitrogens with zero attached hydrogens (tertiary/aromatic N) is 1. The van der Waals surface area contributed by atoms with Crippen molar-refractivity contribution in [1.82, 2.24) is 9.03 Å². The van der Waals surface area contributed by atoms with Gasteiger partial charge in [-0.15, -0.1) is 0 Å². The fourth-order valence-corrected chi connectivity index (χ4v) is 3.77. The molecule has 0 bridgehead atoms. The van der Waals surface area contributed by atoms with Crippen LogP contribution < -0.4 is 4.72 Å².